The van der Waals surface area contributed by atoms with Gasteiger partial charge in [-0.15, -0.1) is 0 Å². The molecular weight excluding hydrogens is 458 g/mol. The van der Waals surface area contributed by atoms with E-state index in [-0.39, 0.29) is 5.97 Å². The summed E-state index contributed by atoms with van der Waals surface area (Å²) in [7, 11) is 1.38. The van der Waals surface area contributed by atoms with E-state index in [0.29, 0.717) is 11.4 Å². The lowest BCUT2D eigenvalue weighted by Gasteiger charge is -2.10. The van der Waals surface area contributed by atoms with Gasteiger partial charge in [-0.3, -0.25) is 0 Å². The van der Waals surface area contributed by atoms with Gasteiger partial charge in [0.15, 0.2) is 5.13 Å². The van der Waals surface area contributed by atoms with E-state index in [1.165, 1.54) is 18.9 Å². The highest BCUT2D eigenvalue weighted by Crippen LogP contribution is 2.37. The van der Waals surface area contributed by atoms with Crippen LogP contribution in [-0.2, 0) is 4.74 Å². The molecule has 140 valence electrons. The van der Waals surface area contributed by atoms with Gasteiger partial charge in [-0.2, -0.15) is 0 Å². The number of fused-ring (bicyclic) bond motifs is 1. The molecule has 28 heavy (non-hydrogen) atoms. The zero-order valence-electron chi connectivity index (χ0n) is 14.7. The lowest BCUT2D eigenvalue weighted by Crippen LogP contribution is -2.00. The maximum atomic E-state index is 11.8. The van der Waals surface area contributed by atoms with Crippen molar-refractivity contribution in [2.75, 3.05) is 12.4 Å². The van der Waals surface area contributed by atoms with Crippen LogP contribution in [0.3, 0.4) is 0 Å². The van der Waals surface area contributed by atoms with E-state index in [9.17, 15) is 4.79 Å². The summed E-state index contributed by atoms with van der Waals surface area (Å²) in [5.41, 5.74) is 1.46. The van der Waals surface area contributed by atoms with Crippen LogP contribution in [0.15, 0.2) is 75.1 Å². The molecular formula is C20H14BrN3O2S2. The molecule has 0 aliphatic rings. The molecule has 0 aliphatic heterocycles. The predicted octanol–water partition coefficient (Wildman–Crippen LogP) is 6.14. The number of hydrogen-bond acceptors (Lipinski definition) is 7. The molecule has 4 aromatic rings. The molecule has 0 saturated carbocycles. The van der Waals surface area contributed by atoms with Gasteiger partial charge < -0.3 is 10.1 Å². The monoisotopic (exact) mass is 471 g/mol. The van der Waals surface area contributed by atoms with Gasteiger partial charge in [-0.05, 0) is 52.3 Å². The summed E-state index contributed by atoms with van der Waals surface area (Å²) in [6, 6.07) is 17.3. The highest BCUT2D eigenvalue weighted by atomic mass is 79.9. The first-order valence-corrected chi connectivity index (χ1v) is 10.7. The Hall–Kier alpha value is -2.42. The topological polar surface area (TPSA) is 64.1 Å². The summed E-state index contributed by atoms with van der Waals surface area (Å²) in [4.78, 5) is 22.7. The predicted molar refractivity (Wildman–Crippen MR) is 117 cm³/mol. The molecule has 2 aromatic carbocycles. The van der Waals surface area contributed by atoms with Crippen molar-refractivity contribution in [3.05, 3.63) is 70.8 Å². The van der Waals surface area contributed by atoms with Crippen LogP contribution < -0.4 is 5.32 Å². The van der Waals surface area contributed by atoms with Crippen molar-refractivity contribution in [2.45, 2.75) is 9.79 Å². The molecule has 0 radical (unpaired) electrons. The van der Waals surface area contributed by atoms with E-state index in [4.69, 9.17) is 4.74 Å². The van der Waals surface area contributed by atoms with Crippen molar-refractivity contribution in [3.8, 4) is 0 Å². The fourth-order valence-corrected chi connectivity index (χ4v) is 4.87. The lowest BCUT2D eigenvalue weighted by molar-refractivity contribution is 0.0600. The fourth-order valence-electron chi connectivity index (χ4n) is 2.55. The number of benzene rings is 2. The van der Waals surface area contributed by atoms with Crippen LogP contribution in [0.4, 0.5) is 10.9 Å². The number of para-hydroxylation sites is 1. The number of halogens is 1. The number of carbonyl (C=O) groups excluding carboxylic acids is 1. The summed E-state index contributed by atoms with van der Waals surface area (Å²) >= 11 is 6.57. The molecule has 4 rings (SSSR count). The second kappa shape index (κ2) is 8.30. The zero-order valence-corrected chi connectivity index (χ0v) is 17.9. The summed E-state index contributed by atoms with van der Waals surface area (Å²) in [5, 5.41) is 4.10. The van der Waals surface area contributed by atoms with Crippen molar-refractivity contribution in [1.82, 2.24) is 9.97 Å². The van der Waals surface area contributed by atoms with Gasteiger partial charge in [0, 0.05) is 15.6 Å². The molecule has 0 amide bonds. The Morgan fingerprint density at radius 3 is 2.86 bits per heavy atom. The fraction of sp³-hybridized carbons (Fsp3) is 0.0500. The Bertz CT molecular complexity index is 1130. The van der Waals surface area contributed by atoms with Crippen molar-refractivity contribution in [3.63, 3.8) is 0 Å². The molecule has 8 heteroatoms. The number of nitrogens with one attached hydrogen (secondary N) is 1. The van der Waals surface area contributed by atoms with Crippen molar-refractivity contribution < 1.29 is 9.53 Å². The summed E-state index contributed by atoms with van der Waals surface area (Å²) in [6.07, 6.45) is 1.74. The Morgan fingerprint density at radius 1 is 1.18 bits per heavy atom. The van der Waals surface area contributed by atoms with Crippen LogP contribution in [0.1, 0.15) is 10.4 Å². The number of anilines is 2. The van der Waals surface area contributed by atoms with E-state index in [1.54, 1.807) is 29.7 Å². The molecule has 5 nitrogen and oxygen atoms in total. The molecule has 0 spiro atoms. The average molecular weight is 472 g/mol. The Labute approximate surface area is 178 Å². The minimum absolute atomic E-state index is 0.359. The molecule has 1 N–H and O–H groups in total. The standard InChI is InChI=1S/C20H14BrN3O2S2/c1-26-19(25)12-5-4-6-14(9-12)27-17-10-13(21)11-22-18(17)24-20-23-15-7-2-3-8-16(15)28-20/h2-11H,1H3,(H,22,23,24). The summed E-state index contributed by atoms with van der Waals surface area (Å²) < 4.78 is 6.79. The van der Waals surface area contributed by atoms with Crippen molar-refractivity contribution in [1.29, 1.82) is 0 Å². The van der Waals surface area contributed by atoms with Gasteiger partial charge in [0.25, 0.3) is 0 Å². The van der Waals surface area contributed by atoms with Crippen molar-refractivity contribution in [2.24, 2.45) is 0 Å². The van der Waals surface area contributed by atoms with Crippen LogP contribution in [0.25, 0.3) is 10.2 Å². The number of esters is 1. The van der Waals surface area contributed by atoms with E-state index >= 15 is 0 Å². The quantitative estimate of drug-likeness (QED) is 0.353. The van der Waals surface area contributed by atoms with Crippen LogP contribution in [0.2, 0.25) is 0 Å². The molecule has 0 bridgehead atoms. The molecule has 2 aromatic heterocycles. The minimum Gasteiger partial charge on any atom is -0.465 e. The van der Waals surface area contributed by atoms with Gasteiger partial charge >= 0.3 is 5.97 Å². The molecule has 0 unspecified atom stereocenters. The zero-order chi connectivity index (χ0) is 19.5. The average Bonchev–Trinajstić information content (AvgIpc) is 3.12. The molecule has 0 fully saturated rings. The number of methoxy groups -OCH3 is 1. The lowest BCUT2D eigenvalue weighted by atomic mass is 10.2. The number of aromatic nitrogens is 2. The third-order valence-corrected chi connectivity index (χ3v) is 6.23. The van der Waals surface area contributed by atoms with Gasteiger partial charge in [0.05, 0.1) is 27.8 Å². The normalized spacial score (nSPS) is 10.8. The van der Waals surface area contributed by atoms with E-state index < -0.39 is 0 Å². The molecule has 0 saturated heterocycles. The number of carbonyl (C=O) groups is 1. The first kappa shape index (κ1) is 18.9. The number of hydrogen-bond donors (Lipinski definition) is 1. The molecule has 0 atom stereocenters. The van der Waals surface area contributed by atoms with Gasteiger partial charge in [-0.1, -0.05) is 41.3 Å². The minimum atomic E-state index is -0.359. The number of nitrogens with zero attached hydrogens (tertiary/aromatic N) is 2. The number of ether oxygens (including phenoxy) is 1. The highest BCUT2D eigenvalue weighted by Gasteiger charge is 2.12. The van der Waals surface area contributed by atoms with E-state index in [2.05, 4.69) is 31.2 Å². The van der Waals surface area contributed by atoms with Crippen LogP contribution in [0.5, 0.6) is 0 Å². The van der Waals surface area contributed by atoms with Crippen molar-refractivity contribution >= 4 is 66.2 Å². The van der Waals surface area contributed by atoms with Crippen LogP contribution in [0, 0.1) is 0 Å². The maximum absolute atomic E-state index is 11.8. The third kappa shape index (κ3) is 4.19. The Morgan fingerprint density at radius 2 is 2.04 bits per heavy atom. The Balaban J connectivity index is 1.64. The molecule has 0 aliphatic carbocycles. The van der Waals surface area contributed by atoms with E-state index in [1.807, 2.05) is 42.5 Å². The third-order valence-electron chi connectivity index (χ3n) is 3.82. The first-order valence-electron chi connectivity index (χ1n) is 8.27. The highest BCUT2D eigenvalue weighted by molar-refractivity contribution is 9.10. The Kier molecular flexibility index (Phi) is 5.61. The van der Waals surface area contributed by atoms with Gasteiger partial charge in [-0.25, -0.2) is 14.8 Å². The second-order valence-electron chi connectivity index (χ2n) is 5.73. The first-order chi connectivity index (χ1) is 13.6. The summed E-state index contributed by atoms with van der Waals surface area (Å²) in [5.74, 6) is 0.346. The van der Waals surface area contributed by atoms with Gasteiger partial charge in [0.1, 0.15) is 5.82 Å². The van der Waals surface area contributed by atoms with Gasteiger partial charge in [0.2, 0.25) is 0 Å². The summed E-state index contributed by atoms with van der Waals surface area (Å²) in [6.45, 7) is 0. The number of rotatable bonds is 5. The maximum Gasteiger partial charge on any atom is 0.337 e. The number of pyridine rings is 1. The molecule has 2 heterocycles. The smallest absolute Gasteiger partial charge is 0.337 e. The van der Waals surface area contributed by atoms with E-state index in [0.717, 1.165) is 29.6 Å². The number of thiazole rings is 1. The van der Waals surface area contributed by atoms with Crippen LogP contribution >= 0.6 is 39.0 Å². The second-order valence-corrected chi connectivity index (χ2v) is 8.80. The largest absolute Gasteiger partial charge is 0.465 e. The van der Waals surface area contributed by atoms with Crippen LogP contribution in [-0.4, -0.2) is 23.0 Å². The SMILES string of the molecule is COC(=O)c1cccc(Sc2cc(Br)cnc2Nc2nc3ccccc3s2)c1.